The van der Waals surface area contributed by atoms with E-state index in [-0.39, 0.29) is 21.1 Å². The molecule has 0 amide bonds. The van der Waals surface area contributed by atoms with Crippen molar-refractivity contribution in [2.45, 2.75) is 26.7 Å². The van der Waals surface area contributed by atoms with Crippen LogP contribution in [0.3, 0.4) is 0 Å². The molecule has 0 aromatic rings. The van der Waals surface area contributed by atoms with Gasteiger partial charge in [-0.2, -0.15) is 4.21 Å². The topological polar surface area (TPSA) is 81.7 Å². The minimum Gasteiger partial charge on any atom is -0.819 e. The van der Waals surface area contributed by atoms with E-state index in [1.54, 1.807) is 0 Å². The van der Waals surface area contributed by atoms with Gasteiger partial charge in [0, 0.05) is 13.2 Å². The van der Waals surface area contributed by atoms with Gasteiger partial charge < -0.3 is 43.3 Å². The van der Waals surface area contributed by atoms with Crippen molar-refractivity contribution < 1.29 is 44.1 Å². The van der Waals surface area contributed by atoms with E-state index in [4.69, 9.17) is 4.21 Å². The molecule has 0 aromatic heterocycles. The summed E-state index contributed by atoms with van der Waals surface area (Å²) in [7, 11) is 0. The normalized spacial score (nSPS) is 15.3. The van der Waals surface area contributed by atoms with Crippen LogP contribution < -0.4 is 9.79 Å². The van der Waals surface area contributed by atoms with Crippen molar-refractivity contribution >= 4 is 72.0 Å². The van der Waals surface area contributed by atoms with Gasteiger partial charge in [-0.15, -0.1) is 35.0 Å². The van der Waals surface area contributed by atoms with Crippen LogP contribution in [-0.4, -0.2) is 17.4 Å². The molecule has 0 saturated heterocycles. The largest absolute Gasteiger partial charge is 4.00 e. The molecule has 0 radical (unpaired) electrons. The van der Waals surface area contributed by atoms with Gasteiger partial charge in [-0.25, -0.2) is 0 Å². The standard InChI is InChI=1S/2C3H9O2PS2.Mo.OS/c2*1-2-3-5-6(4,7)8;;1-2/h2*2-3H2,1H3,(H2,4,7,8);;/q;;+4;/p-4. The quantitative estimate of drug-likeness (QED) is 0.306. The van der Waals surface area contributed by atoms with Crippen molar-refractivity contribution in [3.8, 4) is 0 Å². The zero-order valence-corrected chi connectivity index (χ0v) is 18.1. The first-order valence-electron chi connectivity index (χ1n) is 4.62. The first-order chi connectivity index (χ1) is 8.12. The molecule has 0 aliphatic rings. The van der Waals surface area contributed by atoms with Gasteiger partial charge >= 0.3 is 21.1 Å². The van der Waals surface area contributed by atoms with Crippen LogP contribution in [0.4, 0.5) is 0 Å². The molecule has 0 rings (SSSR count). The Bertz CT molecular complexity index is 247. The molecule has 0 aliphatic heterocycles. The van der Waals surface area contributed by atoms with Crippen molar-refractivity contribution in [3.05, 3.63) is 0 Å². The van der Waals surface area contributed by atoms with Crippen LogP contribution in [0.1, 0.15) is 26.7 Å². The van der Waals surface area contributed by atoms with Gasteiger partial charge in [0.1, 0.15) is 0 Å². The third-order valence-electron chi connectivity index (χ3n) is 0.907. The third-order valence-corrected chi connectivity index (χ3v) is 3.17. The Morgan fingerprint density at radius 3 is 1.21 bits per heavy atom. The van der Waals surface area contributed by atoms with E-state index >= 15 is 0 Å². The fraction of sp³-hybridized carbons (Fsp3) is 1.00. The van der Waals surface area contributed by atoms with Crippen molar-refractivity contribution in [2.75, 3.05) is 13.2 Å². The molecule has 0 spiro atoms. The summed E-state index contributed by atoms with van der Waals surface area (Å²) in [6, 6.07) is 0. The van der Waals surface area contributed by atoms with Gasteiger partial charge in [0.05, 0.1) is 0 Å². The van der Waals surface area contributed by atoms with E-state index in [1.807, 2.05) is 13.8 Å². The molecule has 2 atom stereocenters. The molecule has 114 valence electrons. The Hall–Kier alpha value is 2.55. The molecule has 0 heterocycles. The van der Waals surface area contributed by atoms with Crippen LogP contribution >= 0.6 is 11.4 Å². The minimum atomic E-state index is -3.02. The summed E-state index contributed by atoms with van der Waals surface area (Å²) in [5.41, 5.74) is -6.03. The second-order valence-corrected chi connectivity index (χ2v) is 12.0. The third kappa shape index (κ3) is 44.9. The van der Waals surface area contributed by atoms with Crippen LogP contribution in [-0.2, 0) is 90.8 Å². The van der Waals surface area contributed by atoms with Crippen molar-refractivity contribution in [2.24, 2.45) is 0 Å². The van der Waals surface area contributed by atoms with Gasteiger partial charge in [-0.3, -0.25) is 0 Å². The number of hydrogen-bond acceptors (Lipinski definition) is 10. The average molecular weight is 484 g/mol. The second-order valence-electron chi connectivity index (χ2n) is 2.56. The molecule has 2 unspecified atom stereocenters. The van der Waals surface area contributed by atoms with Crippen LogP contribution in [0.5, 0.6) is 0 Å². The SMILES string of the molecule is CCCOP([O-])(=S)[S-].CCCOP([O-])(=S)[S-].O=S.[Mo+4]. The Morgan fingerprint density at radius 2 is 1.16 bits per heavy atom. The Morgan fingerprint density at radius 1 is 0.947 bits per heavy atom. The van der Waals surface area contributed by atoms with E-state index in [0.29, 0.717) is 13.2 Å². The Kier molecular flexibility index (Phi) is 28.9. The second kappa shape index (κ2) is 18.6. The van der Waals surface area contributed by atoms with Gasteiger partial charge in [0.15, 0.2) is 12.5 Å². The van der Waals surface area contributed by atoms with Gasteiger partial charge in [-0.1, -0.05) is 13.8 Å². The fourth-order valence-electron chi connectivity index (χ4n) is 0.406. The summed E-state index contributed by atoms with van der Waals surface area (Å²) in [6.07, 6.45) is 1.61. The first-order valence-corrected chi connectivity index (χ1v) is 12.3. The summed E-state index contributed by atoms with van der Waals surface area (Å²) >= 11 is 20.0. The summed E-state index contributed by atoms with van der Waals surface area (Å²) in [5, 5.41) is 0. The van der Waals surface area contributed by atoms with E-state index in [0.717, 1.165) is 12.8 Å². The zero-order chi connectivity index (χ0) is 15.2. The molecule has 0 aromatic carbocycles. The van der Waals surface area contributed by atoms with Crippen LogP contribution in [0.2, 0.25) is 0 Å². The van der Waals surface area contributed by atoms with Crippen molar-refractivity contribution in [1.82, 2.24) is 0 Å². The molecule has 0 saturated carbocycles. The van der Waals surface area contributed by atoms with Crippen LogP contribution in [0.15, 0.2) is 0 Å². The predicted molar refractivity (Wildman–Crippen MR) is 83.9 cm³/mol. The molecule has 5 nitrogen and oxygen atoms in total. The van der Waals surface area contributed by atoms with Gasteiger partial charge in [0.2, 0.25) is 0 Å². The van der Waals surface area contributed by atoms with Crippen molar-refractivity contribution in [3.63, 3.8) is 0 Å². The summed E-state index contributed by atoms with van der Waals surface area (Å²) in [4.78, 5) is 20.8. The van der Waals surface area contributed by atoms with E-state index in [1.165, 1.54) is 0 Å². The molecule has 0 bridgehead atoms. The predicted octanol–water partition coefficient (Wildman–Crippen LogP) is 0.751. The minimum absolute atomic E-state index is 0. The smallest absolute Gasteiger partial charge is 0.819 e. The van der Waals surface area contributed by atoms with Gasteiger partial charge in [-0.05, 0) is 12.8 Å². The Balaban J connectivity index is -0.0000000999. The molecule has 0 fully saturated rings. The maximum atomic E-state index is 10.4. The van der Waals surface area contributed by atoms with Crippen molar-refractivity contribution in [1.29, 1.82) is 0 Å². The van der Waals surface area contributed by atoms with Gasteiger partial charge in [0.25, 0.3) is 0 Å². The molecule has 0 N–H and O–H groups in total. The Labute approximate surface area is 155 Å². The van der Waals surface area contributed by atoms with E-state index in [9.17, 15) is 9.79 Å². The van der Waals surface area contributed by atoms with E-state index in [2.05, 4.69) is 69.7 Å². The number of rotatable bonds is 6. The first kappa shape index (κ1) is 29.5. The van der Waals surface area contributed by atoms with Crippen LogP contribution in [0, 0.1) is 0 Å². The molecule has 13 heteroatoms. The summed E-state index contributed by atoms with van der Waals surface area (Å²) in [5.74, 6) is 0. The zero-order valence-electron chi connectivity index (χ0n) is 10.2. The van der Waals surface area contributed by atoms with Crippen LogP contribution in [0.25, 0.3) is 0 Å². The molecular weight excluding hydrogens is 470 g/mol. The average Bonchev–Trinajstić information content (AvgIpc) is 2.25. The van der Waals surface area contributed by atoms with E-state index < -0.39 is 11.4 Å². The maximum absolute atomic E-state index is 10.4. The molecule has 0 aliphatic carbocycles. The summed E-state index contributed by atoms with van der Waals surface area (Å²) in [6.45, 7) is 4.62. The number of hydrogen-bond donors (Lipinski definition) is 0. The monoisotopic (exact) mass is 486 g/mol. The maximum Gasteiger partial charge on any atom is 4.00 e. The summed E-state index contributed by atoms with van der Waals surface area (Å²) < 4.78 is 17.0. The molecular formula is C6H14MoO5P2S5. The fourth-order valence-corrected chi connectivity index (χ4v) is 2.11. The molecule has 19 heavy (non-hydrogen) atoms.